The lowest BCUT2D eigenvalue weighted by atomic mass is 9.85. The molecule has 0 bridgehead atoms. The maximum Gasteiger partial charge on any atom is 0.420 e. The SMILES string of the molecule is Cc1ncsc1-c1ccc(CNC(=O)[C@@H]2C[C@@H](O)CN2C(=O)[C@@H](NC(=O)COCCOc2c(F)cc(-c3ncc(N4C(S)N(c5ccc(C#N)c(C(F)(F)F)c5F)C(=O)C4(C)C)cc3F)cc2F)C(C)(C)C)cc1. The van der Waals surface area contributed by atoms with E-state index in [-0.39, 0.29) is 37.4 Å². The molecular weight excluding hydrogens is 1020 g/mol. The summed E-state index contributed by atoms with van der Waals surface area (Å²) in [5.41, 5.74) is -4.48. The number of pyridine rings is 1. The van der Waals surface area contributed by atoms with Crippen LogP contribution in [0.5, 0.6) is 5.75 Å². The van der Waals surface area contributed by atoms with Gasteiger partial charge in [-0.2, -0.15) is 18.4 Å². The molecule has 74 heavy (non-hydrogen) atoms. The number of aliphatic hydroxyl groups is 1. The van der Waals surface area contributed by atoms with E-state index >= 15 is 17.6 Å². The van der Waals surface area contributed by atoms with Crippen molar-refractivity contribution in [2.24, 2.45) is 5.41 Å². The second-order valence-electron chi connectivity index (χ2n) is 19.0. The molecule has 0 spiro atoms. The lowest BCUT2D eigenvalue weighted by Gasteiger charge is -2.35. The number of thiol groups is 1. The lowest BCUT2D eigenvalue weighted by molar-refractivity contribution is -0.144. The first-order valence-electron chi connectivity index (χ1n) is 22.8. The summed E-state index contributed by atoms with van der Waals surface area (Å²) < 4.78 is 114. The summed E-state index contributed by atoms with van der Waals surface area (Å²) in [6.07, 6.45) is -5.29. The molecule has 4 atom stereocenters. The Morgan fingerprint density at radius 1 is 0.986 bits per heavy atom. The molecule has 0 saturated carbocycles. The van der Waals surface area contributed by atoms with Crippen molar-refractivity contribution in [2.75, 3.05) is 36.2 Å². The quantitative estimate of drug-likeness (QED) is 0.0457. The summed E-state index contributed by atoms with van der Waals surface area (Å²) in [5, 5.41) is 25.2. The molecule has 5 aromatic rings. The number of carbonyl (C=O) groups excluding carboxylic acids is 4. The number of nitriles is 1. The minimum Gasteiger partial charge on any atom is -0.485 e. The normalized spacial score (nSPS) is 18.1. The van der Waals surface area contributed by atoms with Gasteiger partial charge in [0.1, 0.15) is 42.1 Å². The van der Waals surface area contributed by atoms with Crippen LogP contribution in [0.1, 0.15) is 63.4 Å². The Kier molecular flexibility index (Phi) is 16.0. The van der Waals surface area contributed by atoms with Gasteiger partial charge in [-0.05, 0) is 61.6 Å². The van der Waals surface area contributed by atoms with Gasteiger partial charge in [0.15, 0.2) is 34.5 Å². The molecule has 392 valence electrons. The first-order chi connectivity index (χ1) is 34.7. The Bertz CT molecular complexity index is 3000. The standard InChI is InChI=1S/C50H49F7N8O7S2/c1-25-42(74-24-61-25)27-9-7-26(8-10-27)20-60-44(68)36-18-31(66)22-63(36)45(69)43(48(2,3)4)62-37(67)23-71-13-14-72-41-33(52)15-29(16-34(41)53)40-32(51)17-30(21-59-40)65-47(73)64(46(70)49(65,5)6)35-12-11-28(19-58)38(39(35)54)50(55,56)57/h7-12,15-17,21,24,31,36,43,47,66,73H,13-14,18,20,22-23H2,1-6H3,(H,60,68)(H,62,67)/t31-,36+,43-,47?/m1/s1. The second-order valence-corrected chi connectivity index (χ2v) is 20.3. The highest BCUT2D eigenvalue weighted by Gasteiger charge is 2.53. The average Bonchev–Trinajstić information content (AvgIpc) is 3.99. The summed E-state index contributed by atoms with van der Waals surface area (Å²) in [5.74, 6) is -9.23. The Labute approximate surface area is 429 Å². The van der Waals surface area contributed by atoms with Gasteiger partial charge in [-0.15, -0.1) is 24.0 Å². The van der Waals surface area contributed by atoms with Gasteiger partial charge in [0.05, 0.1) is 58.0 Å². The molecule has 7 rings (SSSR count). The number of aromatic nitrogens is 2. The van der Waals surface area contributed by atoms with Crippen LogP contribution in [0.15, 0.2) is 66.3 Å². The third-order valence-electron chi connectivity index (χ3n) is 12.4. The maximum atomic E-state index is 15.8. The average molecular weight is 1070 g/mol. The van der Waals surface area contributed by atoms with Crippen LogP contribution in [0.3, 0.4) is 0 Å². The van der Waals surface area contributed by atoms with E-state index in [4.69, 9.17) is 9.47 Å². The fourth-order valence-corrected chi connectivity index (χ4v) is 10.1. The molecule has 2 saturated heterocycles. The van der Waals surface area contributed by atoms with Crippen molar-refractivity contribution >= 4 is 59.0 Å². The number of β-amino-alcohol motifs (C(OH)–C–C–N with tert-alkyl or cyclic N) is 1. The molecule has 2 aliphatic heterocycles. The number of ether oxygens (including phenoxy) is 2. The Morgan fingerprint density at radius 3 is 2.26 bits per heavy atom. The summed E-state index contributed by atoms with van der Waals surface area (Å²) in [6.45, 7) is 8.23. The zero-order valence-corrected chi connectivity index (χ0v) is 42.2. The van der Waals surface area contributed by atoms with Crippen LogP contribution in [0.25, 0.3) is 21.7 Å². The number of amides is 4. The van der Waals surface area contributed by atoms with E-state index in [0.29, 0.717) is 11.0 Å². The second kappa shape index (κ2) is 21.6. The highest BCUT2D eigenvalue weighted by Crippen LogP contribution is 2.45. The van der Waals surface area contributed by atoms with Gasteiger partial charge < -0.3 is 35.0 Å². The van der Waals surface area contributed by atoms with Gasteiger partial charge in [0, 0.05) is 31.1 Å². The number of anilines is 2. The number of alkyl halides is 3. The molecule has 4 amide bonds. The molecule has 2 aliphatic rings. The number of nitrogens with one attached hydrogen (secondary N) is 2. The number of hydrogen-bond acceptors (Lipinski definition) is 13. The lowest BCUT2D eigenvalue weighted by Crippen LogP contribution is -2.58. The van der Waals surface area contributed by atoms with E-state index in [9.17, 15) is 42.7 Å². The molecule has 15 nitrogen and oxygen atoms in total. The molecule has 0 aliphatic carbocycles. The zero-order valence-electron chi connectivity index (χ0n) is 40.5. The van der Waals surface area contributed by atoms with Crippen molar-refractivity contribution < 1.29 is 64.5 Å². The summed E-state index contributed by atoms with van der Waals surface area (Å²) in [7, 11) is 0. The number of benzene rings is 3. The van der Waals surface area contributed by atoms with Crippen LogP contribution in [0.4, 0.5) is 42.1 Å². The number of thiazole rings is 1. The zero-order chi connectivity index (χ0) is 54.2. The van der Waals surface area contributed by atoms with E-state index in [0.717, 1.165) is 57.1 Å². The first kappa shape index (κ1) is 55.0. The largest absolute Gasteiger partial charge is 0.485 e. The summed E-state index contributed by atoms with van der Waals surface area (Å²) >= 11 is 5.89. The van der Waals surface area contributed by atoms with Crippen molar-refractivity contribution in [3.8, 4) is 33.5 Å². The predicted molar refractivity (Wildman–Crippen MR) is 260 cm³/mol. The topological polar surface area (TPSA) is 190 Å². The van der Waals surface area contributed by atoms with Crippen LogP contribution in [-0.4, -0.2) is 99.2 Å². The van der Waals surface area contributed by atoms with Crippen molar-refractivity contribution in [2.45, 2.75) is 89.9 Å². The molecule has 3 N–H and O–H groups in total. The van der Waals surface area contributed by atoms with Crippen molar-refractivity contribution in [1.29, 1.82) is 5.26 Å². The Balaban J connectivity index is 0.932. The van der Waals surface area contributed by atoms with E-state index < -0.39 is 129 Å². The molecular formula is C50H49F7N8O7S2. The molecule has 4 heterocycles. The van der Waals surface area contributed by atoms with Crippen LogP contribution in [-0.2, 0) is 36.6 Å². The smallest absolute Gasteiger partial charge is 0.420 e. The number of halogens is 7. The Hall–Kier alpha value is -6.81. The molecule has 3 aromatic carbocycles. The monoisotopic (exact) mass is 1070 g/mol. The van der Waals surface area contributed by atoms with Gasteiger partial charge in [-0.25, -0.2) is 22.5 Å². The van der Waals surface area contributed by atoms with Gasteiger partial charge in [0.2, 0.25) is 17.7 Å². The van der Waals surface area contributed by atoms with Gasteiger partial charge in [0.25, 0.3) is 5.91 Å². The van der Waals surface area contributed by atoms with E-state index in [1.807, 2.05) is 31.2 Å². The molecule has 1 unspecified atom stereocenters. The minimum absolute atomic E-state index is 0.0180. The molecule has 2 aromatic heterocycles. The summed E-state index contributed by atoms with van der Waals surface area (Å²) in [4.78, 5) is 66.5. The number of likely N-dealkylation sites (tertiary alicyclic amines) is 1. The summed E-state index contributed by atoms with van der Waals surface area (Å²) in [6, 6.07) is 10.5. The third kappa shape index (κ3) is 11.3. The van der Waals surface area contributed by atoms with Gasteiger partial charge in [-0.1, -0.05) is 45.0 Å². The molecule has 24 heteroatoms. The number of aryl methyl sites for hydroxylation is 1. The third-order valence-corrected chi connectivity index (χ3v) is 13.8. The van der Waals surface area contributed by atoms with E-state index in [1.54, 1.807) is 26.3 Å². The fraction of sp³-hybridized carbons (Fsp3) is 0.380. The van der Waals surface area contributed by atoms with Crippen molar-refractivity contribution in [3.63, 3.8) is 0 Å². The number of aliphatic hydroxyl groups excluding tert-OH is 1. The van der Waals surface area contributed by atoms with Gasteiger partial charge >= 0.3 is 6.18 Å². The number of carbonyl (C=O) groups is 4. The van der Waals surface area contributed by atoms with Gasteiger partial charge in [-0.3, -0.25) is 29.1 Å². The number of hydrogen-bond donors (Lipinski definition) is 4. The number of rotatable bonds is 15. The minimum atomic E-state index is -5.30. The van der Waals surface area contributed by atoms with Crippen LogP contribution >= 0.6 is 24.0 Å². The van der Waals surface area contributed by atoms with Crippen molar-refractivity contribution in [3.05, 3.63) is 112 Å². The van der Waals surface area contributed by atoms with Crippen LogP contribution in [0, 0.1) is 46.9 Å². The molecule has 0 radical (unpaired) electrons. The van der Waals surface area contributed by atoms with Crippen LogP contribution < -0.4 is 25.2 Å². The fourth-order valence-electron chi connectivity index (χ4n) is 8.68. The highest BCUT2D eigenvalue weighted by atomic mass is 32.1. The predicted octanol–water partition coefficient (Wildman–Crippen LogP) is 7.68. The molecule has 2 fully saturated rings. The maximum absolute atomic E-state index is 15.8. The van der Waals surface area contributed by atoms with E-state index in [2.05, 4.69) is 33.2 Å². The van der Waals surface area contributed by atoms with Crippen molar-refractivity contribution in [1.82, 2.24) is 25.5 Å². The highest BCUT2D eigenvalue weighted by molar-refractivity contribution is 7.81. The van der Waals surface area contributed by atoms with E-state index in [1.165, 1.54) is 36.2 Å². The van der Waals surface area contributed by atoms with Crippen LogP contribution in [0.2, 0.25) is 0 Å². The first-order valence-corrected chi connectivity index (χ1v) is 24.2. The Morgan fingerprint density at radius 2 is 1.66 bits per heavy atom. The number of nitrogens with zero attached hydrogens (tertiary/aromatic N) is 6.